The normalized spacial score (nSPS) is 10.8. The van der Waals surface area contributed by atoms with E-state index in [4.69, 9.17) is 4.74 Å². The van der Waals surface area contributed by atoms with E-state index in [2.05, 4.69) is 15.5 Å². The molecular formula is C23H19FN4O3S. The number of benzene rings is 3. The minimum atomic E-state index is -0.570. The molecule has 3 aromatic carbocycles. The van der Waals surface area contributed by atoms with Crippen LogP contribution in [-0.2, 0) is 21.4 Å². The maximum absolute atomic E-state index is 14.0. The van der Waals surface area contributed by atoms with Crippen LogP contribution in [0.3, 0.4) is 0 Å². The second kappa shape index (κ2) is 9.61. The fourth-order valence-electron chi connectivity index (χ4n) is 3.09. The zero-order valence-corrected chi connectivity index (χ0v) is 17.9. The highest BCUT2D eigenvalue weighted by Gasteiger charge is 2.16. The molecule has 0 spiro atoms. The maximum Gasteiger partial charge on any atom is 0.316 e. The Bertz CT molecular complexity index is 1290. The molecule has 32 heavy (non-hydrogen) atoms. The Labute approximate surface area is 187 Å². The van der Waals surface area contributed by atoms with Crippen molar-refractivity contribution in [3.8, 4) is 11.4 Å². The third-order valence-electron chi connectivity index (χ3n) is 4.67. The molecule has 0 aliphatic heterocycles. The standard InChI is InChI=1S/C23H19FN4O3S/c1-28-22(18-8-4-5-9-19(18)24)26-27-23(28)32-14-21(30)31-13-20(29)25-17-11-10-15-6-2-3-7-16(15)12-17/h2-12H,13-14H2,1H3,(H,25,29). The van der Waals surface area contributed by atoms with Crippen LogP contribution in [0.25, 0.3) is 22.2 Å². The molecule has 4 aromatic rings. The summed E-state index contributed by atoms with van der Waals surface area (Å²) >= 11 is 1.09. The van der Waals surface area contributed by atoms with Gasteiger partial charge in [-0.1, -0.05) is 54.2 Å². The molecule has 0 fully saturated rings. The summed E-state index contributed by atoms with van der Waals surface area (Å²) in [5.74, 6) is -1.12. The van der Waals surface area contributed by atoms with Gasteiger partial charge in [-0.25, -0.2) is 4.39 Å². The molecular weight excluding hydrogens is 431 g/mol. The number of hydrogen-bond acceptors (Lipinski definition) is 6. The first-order valence-corrected chi connectivity index (χ1v) is 10.7. The summed E-state index contributed by atoms with van der Waals surface area (Å²) in [7, 11) is 1.69. The van der Waals surface area contributed by atoms with E-state index in [9.17, 15) is 14.0 Å². The van der Waals surface area contributed by atoms with Crippen molar-refractivity contribution in [1.29, 1.82) is 0 Å². The van der Waals surface area contributed by atoms with Crippen molar-refractivity contribution < 1.29 is 18.7 Å². The van der Waals surface area contributed by atoms with E-state index in [0.717, 1.165) is 22.5 Å². The number of fused-ring (bicyclic) bond motifs is 1. The van der Waals surface area contributed by atoms with Gasteiger partial charge in [-0.05, 0) is 35.0 Å². The van der Waals surface area contributed by atoms with Crippen LogP contribution in [0.1, 0.15) is 0 Å². The van der Waals surface area contributed by atoms with Crippen LogP contribution in [0.2, 0.25) is 0 Å². The van der Waals surface area contributed by atoms with Gasteiger partial charge in [0.2, 0.25) is 0 Å². The number of rotatable bonds is 7. The number of aromatic nitrogens is 3. The number of nitrogens with one attached hydrogen (secondary N) is 1. The lowest BCUT2D eigenvalue weighted by atomic mass is 10.1. The van der Waals surface area contributed by atoms with Crippen LogP contribution in [0.4, 0.5) is 10.1 Å². The maximum atomic E-state index is 14.0. The van der Waals surface area contributed by atoms with Crippen LogP contribution in [0, 0.1) is 5.82 Å². The number of halogens is 1. The van der Waals surface area contributed by atoms with Gasteiger partial charge in [0.15, 0.2) is 17.6 Å². The molecule has 0 atom stereocenters. The molecule has 7 nitrogen and oxygen atoms in total. The van der Waals surface area contributed by atoms with Crippen molar-refractivity contribution in [2.45, 2.75) is 5.16 Å². The van der Waals surface area contributed by atoms with Crippen molar-refractivity contribution in [2.24, 2.45) is 7.05 Å². The Balaban J connectivity index is 1.28. The molecule has 0 aliphatic carbocycles. The minimum Gasteiger partial charge on any atom is -0.455 e. The molecule has 162 valence electrons. The SMILES string of the molecule is Cn1c(SCC(=O)OCC(=O)Nc2ccc3ccccc3c2)nnc1-c1ccccc1F. The number of esters is 1. The molecule has 0 aliphatic rings. The summed E-state index contributed by atoms with van der Waals surface area (Å²) in [6, 6.07) is 19.6. The van der Waals surface area contributed by atoms with Gasteiger partial charge in [0, 0.05) is 12.7 Å². The van der Waals surface area contributed by atoms with Crippen molar-refractivity contribution in [2.75, 3.05) is 17.7 Å². The highest BCUT2D eigenvalue weighted by molar-refractivity contribution is 7.99. The molecule has 1 aromatic heterocycles. The third kappa shape index (κ3) is 4.94. The monoisotopic (exact) mass is 450 g/mol. The van der Waals surface area contributed by atoms with Crippen LogP contribution >= 0.6 is 11.8 Å². The van der Waals surface area contributed by atoms with E-state index in [1.54, 1.807) is 35.9 Å². The molecule has 9 heteroatoms. The fourth-order valence-corrected chi connectivity index (χ4v) is 3.80. The van der Waals surface area contributed by atoms with Crippen LogP contribution in [-0.4, -0.2) is 39.0 Å². The number of carbonyl (C=O) groups is 2. The Kier molecular flexibility index (Phi) is 6.46. The minimum absolute atomic E-state index is 0.0630. The predicted molar refractivity (Wildman–Crippen MR) is 121 cm³/mol. The van der Waals surface area contributed by atoms with E-state index in [1.165, 1.54) is 6.07 Å². The van der Waals surface area contributed by atoms with E-state index >= 15 is 0 Å². The number of carbonyl (C=O) groups excluding carboxylic acids is 2. The lowest BCUT2D eigenvalue weighted by Crippen LogP contribution is -2.21. The Morgan fingerprint density at radius 2 is 1.78 bits per heavy atom. The average molecular weight is 450 g/mol. The number of amides is 1. The van der Waals surface area contributed by atoms with Crippen molar-refractivity contribution in [3.05, 3.63) is 72.5 Å². The first-order chi connectivity index (χ1) is 15.5. The molecule has 0 radical (unpaired) electrons. The van der Waals surface area contributed by atoms with Gasteiger partial charge >= 0.3 is 5.97 Å². The highest BCUT2D eigenvalue weighted by atomic mass is 32.2. The van der Waals surface area contributed by atoms with Gasteiger partial charge in [-0.2, -0.15) is 0 Å². The Morgan fingerprint density at radius 3 is 2.59 bits per heavy atom. The molecule has 0 saturated heterocycles. The molecule has 1 N–H and O–H groups in total. The molecule has 1 amide bonds. The van der Waals surface area contributed by atoms with Gasteiger partial charge in [-0.3, -0.25) is 9.59 Å². The fraction of sp³-hybridized carbons (Fsp3) is 0.130. The number of anilines is 1. The van der Waals surface area contributed by atoms with Gasteiger partial charge in [0.25, 0.3) is 5.91 Å². The smallest absolute Gasteiger partial charge is 0.316 e. The zero-order chi connectivity index (χ0) is 22.5. The quantitative estimate of drug-likeness (QED) is 0.338. The Morgan fingerprint density at radius 1 is 1.03 bits per heavy atom. The lowest BCUT2D eigenvalue weighted by Gasteiger charge is -2.08. The summed E-state index contributed by atoms with van der Waals surface area (Å²) in [6.07, 6.45) is 0. The van der Waals surface area contributed by atoms with Crippen LogP contribution < -0.4 is 5.32 Å². The Hall–Kier alpha value is -3.72. The van der Waals surface area contributed by atoms with Crippen LogP contribution in [0.5, 0.6) is 0 Å². The van der Waals surface area contributed by atoms with Gasteiger partial charge in [0.1, 0.15) is 5.82 Å². The number of nitrogens with zero attached hydrogens (tertiary/aromatic N) is 3. The van der Waals surface area contributed by atoms with Gasteiger partial charge in [0.05, 0.1) is 11.3 Å². The second-order valence-electron chi connectivity index (χ2n) is 6.90. The summed E-state index contributed by atoms with van der Waals surface area (Å²) in [6.45, 7) is -0.397. The molecule has 0 saturated carbocycles. The third-order valence-corrected chi connectivity index (χ3v) is 5.66. The van der Waals surface area contributed by atoms with Crippen LogP contribution in [0.15, 0.2) is 71.9 Å². The number of ether oxygens (including phenoxy) is 1. The zero-order valence-electron chi connectivity index (χ0n) is 17.1. The predicted octanol–water partition coefficient (Wildman–Crippen LogP) is 4.05. The van der Waals surface area contributed by atoms with E-state index in [0.29, 0.717) is 22.2 Å². The molecule has 4 rings (SSSR count). The van der Waals surface area contributed by atoms with E-state index in [-0.39, 0.29) is 5.75 Å². The average Bonchev–Trinajstić information content (AvgIpc) is 3.16. The van der Waals surface area contributed by atoms with Crippen molar-refractivity contribution in [3.63, 3.8) is 0 Å². The van der Waals surface area contributed by atoms with E-state index in [1.807, 2.05) is 36.4 Å². The lowest BCUT2D eigenvalue weighted by molar-refractivity contribution is -0.144. The molecule has 0 bridgehead atoms. The first kappa shape index (κ1) is 21.5. The topological polar surface area (TPSA) is 86.1 Å². The number of hydrogen-bond donors (Lipinski definition) is 1. The summed E-state index contributed by atoms with van der Waals surface area (Å²) in [4.78, 5) is 24.2. The second-order valence-corrected chi connectivity index (χ2v) is 7.85. The van der Waals surface area contributed by atoms with Gasteiger partial charge < -0.3 is 14.6 Å². The van der Waals surface area contributed by atoms with Gasteiger partial charge in [-0.15, -0.1) is 10.2 Å². The van der Waals surface area contributed by atoms with Crippen molar-refractivity contribution in [1.82, 2.24) is 14.8 Å². The summed E-state index contributed by atoms with van der Waals surface area (Å²) < 4.78 is 20.6. The molecule has 0 unspecified atom stereocenters. The number of thioether (sulfide) groups is 1. The highest BCUT2D eigenvalue weighted by Crippen LogP contribution is 2.24. The molecule has 1 heterocycles. The largest absolute Gasteiger partial charge is 0.455 e. The van der Waals surface area contributed by atoms with E-state index < -0.39 is 24.3 Å². The first-order valence-electron chi connectivity index (χ1n) is 9.72. The summed E-state index contributed by atoms with van der Waals surface area (Å²) in [5, 5.41) is 13.2. The van der Waals surface area contributed by atoms with Crippen molar-refractivity contribution >= 4 is 40.1 Å². The summed E-state index contributed by atoms with van der Waals surface area (Å²) in [5.41, 5.74) is 0.946.